The van der Waals surface area contributed by atoms with E-state index in [-0.39, 0.29) is 41.5 Å². The monoisotopic (exact) mass is 408 g/mol. The zero-order valence-electron chi connectivity index (χ0n) is 16.3. The van der Waals surface area contributed by atoms with Gasteiger partial charge in [-0.25, -0.2) is 14.8 Å². The highest BCUT2D eigenvalue weighted by atomic mass is 16.2. The highest BCUT2D eigenvalue weighted by Crippen LogP contribution is 2.34. The zero-order chi connectivity index (χ0) is 21.3. The van der Waals surface area contributed by atoms with Gasteiger partial charge in [0.2, 0.25) is 5.91 Å². The van der Waals surface area contributed by atoms with Crippen molar-refractivity contribution in [3.05, 3.63) is 62.6 Å². The van der Waals surface area contributed by atoms with E-state index >= 15 is 0 Å². The van der Waals surface area contributed by atoms with Gasteiger partial charge in [0, 0.05) is 30.9 Å². The van der Waals surface area contributed by atoms with E-state index in [2.05, 4.69) is 25.6 Å². The van der Waals surface area contributed by atoms with Crippen LogP contribution in [0.2, 0.25) is 0 Å². The maximum absolute atomic E-state index is 12.4. The Balaban J connectivity index is 1.42. The minimum Gasteiger partial charge on any atom is -0.351 e. The summed E-state index contributed by atoms with van der Waals surface area (Å²) in [6.45, 7) is 1.93. The number of H-pyrrole nitrogens is 1. The summed E-state index contributed by atoms with van der Waals surface area (Å²) in [6, 6.07) is 6.74. The molecule has 3 aromatic rings. The van der Waals surface area contributed by atoms with Gasteiger partial charge in [-0.2, -0.15) is 0 Å². The standard InChI is InChI=1S/C20H20N6O4/c1-11-3-2-4-15(23-11)24-16(27)7-8-21-18(28)12-9-14-17(22-10-12)26(13-5-6-13)20(30)25-19(14)29/h2-4,9-10,13H,5-8H2,1H3,(H,21,28)(H,23,24,27)(H,25,29,30). The number of hydrogen-bond acceptors (Lipinski definition) is 6. The van der Waals surface area contributed by atoms with Crippen molar-refractivity contribution < 1.29 is 9.59 Å². The van der Waals surface area contributed by atoms with Crippen molar-refractivity contribution in [3.8, 4) is 0 Å². The summed E-state index contributed by atoms with van der Waals surface area (Å²) in [5.41, 5.74) is 0.155. The van der Waals surface area contributed by atoms with Crippen LogP contribution in [0, 0.1) is 6.92 Å². The number of carbonyl (C=O) groups excluding carboxylic acids is 2. The molecule has 4 rings (SSSR count). The molecule has 3 heterocycles. The van der Waals surface area contributed by atoms with Crippen molar-refractivity contribution in [3.63, 3.8) is 0 Å². The van der Waals surface area contributed by atoms with E-state index in [1.54, 1.807) is 12.1 Å². The molecule has 154 valence electrons. The molecule has 1 aliphatic carbocycles. The summed E-state index contributed by atoms with van der Waals surface area (Å²) in [4.78, 5) is 59.3. The van der Waals surface area contributed by atoms with E-state index in [1.165, 1.54) is 16.8 Å². The van der Waals surface area contributed by atoms with Crippen LogP contribution in [0.3, 0.4) is 0 Å². The van der Waals surface area contributed by atoms with Gasteiger partial charge in [-0.15, -0.1) is 0 Å². The van der Waals surface area contributed by atoms with Gasteiger partial charge in [0.1, 0.15) is 11.5 Å². The first-order chi connectivity index (χ1) is 14.4. The Kier molecular flexibility index (Phi) is 5.13. The number of amides is 2. The molecule has 0 aromatic carbocycles. The lowest BCUT2D eigenvalue weighted by Gasteiger charge is -2.09. The lowest BCUT2D eigenvalue weighted by molar-refractivity contribution is -0.116. The summed E-state index contributed by atoms with van der Waals surface area (Å²) in [7, 11) is 0. The number of hydrogen-bond donors (Lipinski definition) is 3. The second kappa shape index (κ2) is 7.90. The molecule has 0 aliphatic heterocycles. The number of pyridine rings is 2. The zero-order valence-corrected chi connectivity index (χ0v) is 16.3. The molecule has 0 bridgehead atoms. The topological polar surface area (TPSA) is 139 Å². The van der Waals surface area contributed by atoms with Crippen LogP contribution < -0.4 is 21.9 Å². The molecule has 1 saturated carbocycles. The van der Waals surface area contributed by atoms with Crippen LogP contribution in [0.25, 0.3) is 11.0 Å². The highest BCUT2D eigenvalue weighted by Gasteiger charge is 2.27. The predicted octanol–water partition coefficient (Wildman–Crippen LogP) is 0.882. The largest absolute Gasteiger partial charge is 0.351 e. The summed E-state index contributed by atoms with van der Waals surface area (Å²) in [6.07, 6.45) is 3.09. The number of aryl methyl sites for hydroxylation is 1. The number of carbonyl (C=O) groups is 2. The Morgan fingerprint density at radius 1 is 1.27 bits per heavy atom. The fourth-order valence-corrected chi connectivity index (χ4v) is 3.14. The maximum Gasteiger partial charge on any atom is 0.330 e. The van der Waals surface area contributed by atoms with E-state index in [1.807, 2.05) is 13.0 Å². The van der Waals surface area contributed by atoms with Gasteiger partial charge in [0.25, 0.3) is 11.5 Å². The Bertz CT molecular complexity index is 1260. The molecule has 10 nitrogen and oxygen atoms in total. The summed E-state index contributed by atoms with van der Waals surface area (Å²) in [5.74, 6) is -0.296. The fourth-order valence-electron chi connectivity index (χ4n) is 3.14. The van der Waals surface area contributed by atoms with Gasteiger partial charge in [-0.1, -0.05) is 6.07 Å². The van der Waals surface area contributed by atoms with Crippen LogP contribution in [-0.2, 0) is 4.79 Å². The first-order valence-corrected chi connectivity index (χ1v) is 9.58. The third-order valence-corrected chi connectivity index (χ3v) is 4.75. The molecule has 0 atom stereocenters. The SMILES string of the molecule is Cc1cccc(NC(=O)CCNC(=O)c2cnc3c(c2)c(=O)[nH]c(=O)n3C2CC2)n1. The highest BCUT2D eigenvalue weighted by molar-refractivity contribution is 5.97. The minimum atomic E-state index is -0.584. The van der Waals surface area contributed by atoms with Crippen LogP contribution >= 0.6 is 0 Å². The van der Waals surface area contributed by atoms with Gasteiger partial charge < -0.3 is 10.6 Å². The minimum absolute atomic E-state index is 0.0328. The molecule has 0 saturated heterocycles. The summed E-state index contributed by atoms with van der Waals surface area (Å²) >= 11 is 0. The van der Waals surface area contributed by atoms with Crippen molar-refractivity contribution in [2.45, 2.75) is 32.2 Å². The maximum atomic E-state index is 12.4. The van der Waals surface area contributed by atoms with Crippen LogP contribution in [0.4, 0.5) is 5.82 Å². The summed E-state index contributed by atoms with van der Waals surface area (Å²) in [5, 5.41) is 5.47. The van der Waals surface area contributed by atoms with Gasteiger partial charge in [-0.3, -0.25) is 23.9 Å². The van der Waals surface area contributed by atoms with Gasteiger partial charge in [0.15, 0.2) is 0 Å². The number of aromatic amines is 1. The predicted molar refractivity (Wildman–Crippen MR) is 109 cm³/mol. The van der Waals surface area contributed by atoms with Crippen LogP contribution in [-0.4, -0.2) is 37.9 Å². The number of aromatic nitrogens is 4. The average molecular weight is 408 g/mol. The summed E-state index contributed by atoms with van der Waals surface area (Å²) < 4.78 is 1.46. The Morgan fingerprint density at radius 2 is 2.07 bits per heavy atom. The molecule has 0 radical (unpaired) electrons. The second-order valence-corrected chi connectivity index (χ2v) is 7.17. The molecule has 10 heteroatoms. The third-order valence-electron chi connectivity index (χ3n) is 4.75. The van der Waals surface area contributed by atoms with E-state index in [9.17, 15) is 19.2 Å². The normalized spacial score (nSPS) is 13.2. The van der Waals surface area contributed by atoms with E-state index in [0.717, 1.165) is 18.5 Å². The van der Waals surface area contributed by atoms with E-state index in [0.29, 0.717) is 5.82 Å². The molecule has 30 heavy (non-hydrogen) atoms. The van der Waals surface area contributed by atoms with Crippen molar-refractivity contribution in [1.29, 1.82) is 0 Å². The Labute approximate surface area is 170 Å². The molecule has 3 N–H and O–H groups in total. The fraction of sp³-hybridized carbons (Fsp3) is 0.300. The molecule has 0 spiro atoms. The Hall–Kier alpha value is -3.82. The van der Waals surface area contributed by atoms with Crippen LogP contribution in [0.5, 0.6) is 0 Å². The molecule has 0 unspecified atom stereocenters. The molecular weight excluding hydrogens is 388 g/mol. The van der Waals surface area contributed by atoms with Crippen molar-refractivity contribution in [1.82, 2.24) is 24.8 Å². The number of rotatable bonds is 6. The van der Waals surface area contributed by atoms with Crippen LogP contribution in [0.15, 0.2) is 40.1 Å². The number of anilines is 1. The molecule has 2 amide bonds. The third kappa shape index (κ3) is 4.12. The van der Waals surface area contributed by atoms with Gasteiger partial charge in [0.05, 0.1) is 10.9 Å². The lowest BCUT2D eigenvalue weighted by atomic mass is 10.2. The molecule has 1 aliphatic rings. The number of fused-ring (bicyclic) bond motifs is 1. The van der Waals surface area contributed by atoms with Crippen molar-refractivity contribution in [2.75, 3.05) is 11.9 Å². The lowest BCUT2D eigenvalue weighted by Crippen LogP contribution is -2.31. The molecule has 1 fully saturated rings. The van der Waals surface area contributed by atoms with Crippen molar-refractivity contribution in [2.24, 2.45) is 0 Å². The van der Waals surface area contributed by atoms with Crippen molar-refractivity contribution >= 4 is 28.7 Å². The first-order valence-electron chi connectivity index (χ1n) is 9.58. The molecular formula is C20H20N6O4. The van der Waals surface area contributed by atoms with Gasteiger partial charge >= 0.3 is 5.69 Å². The second-order valence-electron chi connectivity index (χ2n) is 7.17. The number of nitrogens with one attached hydrogen (secondary N) is 3. The van der Waals surface area contributed by atoms with Crippen LogP contribution in [0.1, 0.15) is 41.4 Å². The smallest absolute Gasteiger partial charge is 0.330 e. The van der Waals surface area contributed by atoms with E-state index in [4.69, 9.17) is 0 Å². The molecule has 3 aromatic heterocycles. The quantitative estimate of drug-likeness (QED) is 0.553. The average Bonchev–Trinajstić information content (AvgIpc) is 3.52. The van der Waals surface area contributed by atoms with E-state index < -0.39 is 17.2 Å². The van der Waals surface area contributed by atoms with Gasteiger partial charge in [-0.05, 0) is 38.0 Å². The Morgan fingerprint density at radius 3 is 2.80 bits per heavy atom. The first kappa shape index (κ1) is 19.5. The number of nitrogens with zero attached hydrogens (tertiary/aromatic N) is 3.